The summed E-state index contributed by atoms with van der Waals surface area (Å²) in [5.74, 6) is 0. The number of hydrogen-bond acceptors (Lipinski definition) is 3. The first-order valence-corrected chi connectivity index (χ1v) is 6.01. The first-order chi connectivity index (χ1) is 8.60. The molecule has 7 heteroatoms. The van der Waals surface area contributed by atoms with Gasteiger partial charge in [-0.05, 0) is 26.7 Å². The van der Waals surface area contributed by atoms with Crippen molar-refractivity contribution in [1.29, 1.82) is 0 Å². The van der Waals surface area contributed by atoms with E-state index in [-0.39, 0.29) is 18.2 Å². The van der Waals surface area contributed by atoms with Gasteiger partial charge in [-0.15, -0.1) is 0 Å². The molecule has 0 aromatic rings. The Morgan fingerprint density at radius 2 is 2.16 bits per heavy atom. The van der Waals surface area contributed by atoms with Crippen molar-refractivity contribution in [2.45, 2.75) is 45.8 Å². The smallest absolute Gasteiger partial charge is 0.377 e. The fourth-order valence-corrected chi connectivity index (χ4v) is 1.71. The molecule has 0 amide bonds. The highest BCUT2D eigenvalue weighted by Gasteiger charge is 2.52. The molecule has 2 atom stereocenters. The van der Waals surface area contributed by atoms with Gasteiger partial charge < -0.3 is 5.32 Å². The van der Waals surface area contributed by atoms with E-state index in [1.54, 1.807) is 0 Å². The van der Waals surface area contributed by atoms with Gasteiger partial charge in [-0.2, -0.15) is 13.2 Å². The van der Waals surface area contributed by atoms with Crippen LogP contribution in [0.2, 0.25) is 0 Å². The third-order valence-corrected chi connectivity index (χ3v) is 3.32. The fourth-order valence-electron chi connectivity index (χ4n) is 1.71. The number of halogens is 3. The average Bonchev–Trinajstić information content (AvgIpc) is 2.29. The van der Waals surface area contributed by atoms with Gasteiger partial charge in [0.2, 0.25) is 0 Å². The zero-order chi connectivity index (χ0) is 14.8. The van der Waals surface area contributed by atoms with E-state index in [9.17, 15) is 23.3 Å². The van der Waals surface area contributed by atoms with E-state index in [0.717, 1.165) is 13.3 Å². The Hall–Kier alpha value is -1.53. The van der Waals surface area contributed by atoms with E-state index in [1.807, 2.05) is 13.8 Å². The van der Waals surface area contributed by atoms with Crippen molar-refractivity contribution in [2.24, 2.45) is 5.41 Å². The number of hydrogen-bond donors (Lipinski definition) is 1. The quantitative estimate of drug-likeness (QED) is 0.633. The average molecular weight is 278 g/mol. The maximum absolute atomic E-state index is 12.9. The van der Waals surface area contributed by atoms with Crippen LogP contribution in [0.5, 0.6) is 0 Å². The predicted molar refractivity (Wildman–Crippen MR) is 64.8 cm³/mol. The number of nitro groups is 1. The summed E-state index contributed by atoms with van der Waals surface area (Å²) in [5, 5.41) is 13.8. The van der Waals surface area contributed by atoms with Crippen LogP contribution >= 0.6 is 0 Å². The summed E-state index contributed by atoms with van der Waals surface area (Å²) in [6.07, 6.45) is -2.12. The Labute approximate surface area is 109 Å². The molecule has 1 aliphatic carbocycles. The summed E-state index contributed by atoms with van der Waals surface area (Å²) in [6, 6.07) is -0.0372. The van der Waals surface area contributed by atoms with Crippen molar-refractivity contribution in [3.05, 3.63) is 33.7 Å². The zero-order valence-corrected chi connectivity index (χ0v) is 11.0. The van der Waals surface area contributed by atoms with Crippen LogP contribution in [0.1, 0.15) is 33.6 Å². The van der Waals surface area contributed by atoms with Crippen molar-refractivity contribution in [2.75, 3.05) is 0 Å². The topological polar surface area (TPSA) is 55.2 Å². The van der Waals surface area contributed by atoms with Crippen LogP contribution < -0.4 is 5.32 Å². The summed E-state index contributed by atoms with van der Waals surface area (Å²) in [4.78, 5) is 10.2. The molecule has 1 aliphatic rings. The molecule has 4 nitrogen and oxygen atoms in total. The second kappa shape index (κ2) is 5.22. The van der Waals surface area contributed by atoms with Crippen LogP contribution in [0, 0.1) is 15.5 Å². The van der Waals surface area contributed by atoms with Gasteiger partial charge >= 0.3 is 6.18 Å². The van der Waals surface area contributed by atoms with Crippen molar-refractivity contribution in [3.8, 4) is 0 Å². The Kier molecular flexibility index (Phi) is 4.27. The SMILES string of the molecule is CCC(C)NC1=CCC(C)(C(F)(F)F)C=C1[N+](=O)[O-]. The number of rotatable bonds is 4. The van der Waals surface area contributed by atoms with Gasteiger partial charge in [-0.1, -0.05) is 13.0 Å². The van der Waals surface area contributed by atoms with Crippen LogP contribution in [0.15, 0.2) is 23.5 Å². The second-order valence-electron chi connectivity index (χ2n) is 4.98. The van der Waals surface area contributed by atoms with E-state index < -0.39 is 22.2 Å². The molecule has 0 saturated heterocycles. The van der Waals surface area contributed by atoms with E-state index >= 15 is 0 Å². The van der Waals surface area contributed by atoms with Gasteiger partial charge in [0.25, 0.3) is 5.70 Å². The lowest BCUT2D eigenvalue weighted by molar-refractivity contribution is -0.423. The molecule has 0 aromatic heterocycles. The lowest BCUT2D eigenvalue weighted by Gasteiger charge is -2.30. The molecule has 108 valence electrons. The maximum atomic E-state index is 12.9. The van der Waals surface area contributed by atoms with Crippen molar-refractivity contribution in [1.82, 2.24) is 5.32 Å². The second-order valence-corrected chi connectivity index (χ2v) is 4.98. The molecule has 0 bridgehead atoms. The van der Waals surface area contributed by atoms with Gasteiger partial charge in [0.1, 0.15) is 5.70 Å². The molecule has 0 aromatic carbocycles. The van der Waals surface area contributed by atoms with Crippen LogP contribution in [-0.4, -0.2) is 17.1 Å². The molecular formula is C12H17F3N2O2. The minimum absolute atomic E-state index is 0.0372. The van der Waals surface area contributed by atoms with Crippen LogP contribution in [-0.2, 0) is 0 Å². The van der Waals surface area contributed by atoms with Crippen LogP contribution in [0.4, 0.5) is 13.2 Å². The van der Waals surface area contributed by atoms with E-state index in [2.05, 4.69) is 5.32 Å². The largest absolute Gasteiger partial charge is 0.398 e. The lowest BCUT2D eigenvalue weighted by atomic mass is 9.81. The van der Waals surface area contributed by atoms with Crippen molar-refractivity contribution in [3.63, 3.8) is 0 Å². The van der Waals surface area contributed by atoms with Gasteiger partial charge in [0, 0.05) is 12.1 Å². The molecule has 1 N–H and O–H groups in total. The summed E-state index contributed by atoms with van der Waals surface area (Å²) in [7, 11) is 0. The number of nitrogens with one attached hydrogen (secondary N) is 1. The minimum atomic E-state index is -4.51. The highest BCUT2D eigenvalue weighted by molar-refractivity contribution is 5.31. The Morgan fingerprint density at radius 1 is 1.58 bits per heavy atom. The van der Waals surface area contributed by atoms with E-state index in [0.29, 0.717) is 6.08 Å². The van der Waals surface area contributed by atoms with Gasteiger partial charge in [0.05, 0.1) is 10.3 Å². The molecule has 1 rings (SSSR count). The highest BCUT2D eigenvalue weighted by atomic mass is 19.4. The molecule has 0 spiro atoms. The summed E-state index contributed by atoms with van der Waals surface area (Å²) >= 11 is 0. The number of allylic oxidation sites excluding steroid dienone is 2. The van der Waals surface area contributed by atoms with Gasteiger partial charge in [0.15, 0.2) is 0 Å². The molecule has 2 unspecified atom stereocenters. The molecule has 0 fully saturated rings. The molecule has 19 heavy (non-hydrogen) atoms. The maximum Gasteiger partial charge on any atom is 0.398 e. The summed E-state index contributed by atoms with van der Waals surface area (Å²) in [6.45, 7) is 4.67. The molecule has 0 saturated carbocycles. The first-order valence-electron chi connectivity index (χ1n) is 6.01. The van der Waals surface area contributed by atoms with E-state index in [1.165, 1.54) is 6.08 Å². The standard InChI is InChI=1S/C12H17F3N2O2/c1-4-8(2)16-9-5-6-11(3,12(13,14)15)7-10(9)17(18)19/h5,7-8,16H,4,6H2,1-3H3. The van der Waals surface area contributed by atoms with Crippen LogP contribution in [0.25, 0.3) is 0 Å². The lowest BCUT2D eigenvalue weighted by Crippen LogP contribution is -2.38. The Morgan fingerprint density at radius 3 is 2.58 bits per heavy atom. The third-order valence-electron chi connectivity index (χ3n) is 3.32. The number of alkyl halides is 3. The molecular weight excluding hydrogens is 261 g/mol. The van der Waals surface area contributed by atoms with Crippen molar-refractivity contribution >= 4 is 0 Å². The molecule has 0 heterocycles. The summed E-state index contributed by atoms with van der Waals surface area (Å²) in [5.41, 5.74) is -2.52. The monoisotopic (exact) mass is 278 g/mol. The minimum Gasteiger partial charge on any atom is -0.377 e. The zero-order valence-electron chi connectivity index (χ0n) is 11.0. The van der Waals surface area contributed by atoms with Crippen LogP contribution in [0.3, 0.4) is 0 Å². The Balaban J connectivity index is 3.09. The Bertz CT molecular complexity index is 429. The first kappa shape index (κ1) is 15.5. The van der Waals surface area contributed by atoms with Gasteiger partial charge in [-0.25, -0.2) is 0 Å². The van der Waals surface area contributed by atoms with Gasteiger partial charge in [-0.3, -0.25) is 10.1 Å². The highest BCUT2D eigenvalue weighted by Crippen LogP contribution is 2.45. The summed E-state index contributed by atoms with van der Waals surface area (Å²) < 4.78 is 38.7. The van der Waals surface area contributed by atoms with E-state index in [4.69, 9.17) is 0 Å². The third kappa shape index (κ3) is 3.27. The molecule has 0 radical (unpaired) electrons. The fraction of sp³-hybridized carbons (Fsp3) is 0.667. The number of nitrogens with zero attached hydrogens (tertiary/aromatic N) is 1. The molecule has 0 aliphatic heterocycles. The predicted octanol–water partition coefficient (Wildman–Crippen LogP) is 3.39. The normalized spacial score (nSPS) is 25.4. The van der Waals surface area contributed by atoms with Crippen molar-refractivity contribution < 1.29 is 18.1 Å².